The fraction of sp³-hybridized carbons (Fsp3) is 0.267. The molecule has 1 N–H and O–H groups in total. The summed E-state index contributed by atoms with van der Waals surface area (Å²) in [7, 11) is 0. The van der Waals surface area contributed by atoms with Gasteiger partial charge in [-0.15, -0.1) is 10.2 Å². The maximum atomic E-state index is 10.7. The molecule has 23 heavy (non-hydrogen) atoms. The molecule has 1 fully saturated rings. The third kappa shape index (κ3) is 2.42. The highest BCUT2D eigenvalue weighted by atomic mass is 16.4. The van der Waals surface area contributed by atoms with Crippen molar-refractivity contribution in [3.63, 3.8) is 0 Å². The van der Waals surface area contributed by atoms with Gasteiger partial charge < -0.3 is 13.9 Å². The normalized spacial score (nSPS) is 14.0. The summed E-state index contributed by atoms with van der Waals surface area (Å²) in [6, 6.07) is 4.06. The van der Waals surface area contributed by atoms with E-state index in [1.54, 1.807) is 6.20 Å². The molecule has 0 atom stereocenters. The van der Waals surface area contributed by atoms with Crippen LogP contribution in [0, 0.1) is 11.3 Å². The zero-order valence-electron chi connectivity index (χ0n) is 11.9. The number of carboxylic acid groups (broad SMARTS) is 1. The molecule has 1 saturated carbocycles. The molecule has 3 aromatic heterocycles. The summed E-state index contributed by atoms with van der Waals surface area (Å²) in [4.78, 5) is 15.2. The minimum Gasteiger partial charge on any atom is -0.474 e. The van der Waals surface area contributed by atoms with Crippen molar-refractivity contribution in [2.24, 2.45) is 0 Å². The first-order chi connectivity index (χ1) is 11.1. The Kier molecular flexibility index (Phi) is 2.87. The van der Waals surface area contributed by atoms with Gasteiger partial charge >= 0.3 is 11.9 Å². The van der Waals surface area contributed by atoms with Crippen LogP contribution in [-0.2, 0) is 6.42 Å². The van der Waals surface area contributed by atoms with Crippen LogP contribution in [0.15, 0.2) is 22.9 Å². The molecule has 3 heterocycles. The van der Waals surface area contributed by atoms with Gasteiger partial charge in [0, 0.05) is 12.4 Å². The maximum absolute atomic E-state index is 10.7. The summed E-state index contributed by atoms with van der Waals surface area (Å²) in [5.41, 5.74) is 2.88. The molecule has 8 heteroatoms. The molecule has 8 nitrogen and oxygen atoms in total. The lowest BCUT2D eigenvalue weighted by Crippen LogP contribution is -1.95. The van der Waals surface area contributed by atoms with Crippen LogP contribution < -0.4 is 0 Å². The first kappa shape index (κ1) is 13.5. The number of pyridine rings is 1. The molecule has 0 aromatic carbocycles. The minimum absolute atomic E-state index is 0.173. The van der Waals surface area contributed by atoms with Crippen LogP contribution in [0.2, 0.25) is 0 Å². The van der Waals surface area contributed by atoms with E-state index >= 15 is 0 Å². The molecule has 4 rings (SSSR count). The van der Waals surface area contributed by atoms with Gasteiger partial charge in [-0.1, -0.05) is 0 Å². The zero-order valence-corrected chi connectivity index (χ0v) is 11.9. The molecular weight excluding hydrogens is 298 g/mol. The highest BCUT2D eigenvalue weighted by Gasteiger charge is 2.25. The molecular formula is C15H11N5O3. The van der Waals surface area contributed by atoms with E-state index in [4.69, 9.17) is 9.52 Å². The number of rotatable bonds is 4. The standard InChI is InChI=1S/C15H11N5O3/c16-5-9-3-10(8-1-2-8)6-20-7-11(17-13(9)20)4-12-18-19-14(23-12)15(21)22/h3,6-8H,1-2,4H2,(H,21,22). The van der Waals surface area contributed by atoms with Crippen LogP contribution in [0.4, 0.5) is 0 Å². The van der Waals surface area contributed by atoms with Gasteiger partial charge in [0.25, 0.3) is 0 Å². The van der Waals surface area contributed by atoms with Crippen molar-refractivity contribution in [1.82, 2.24) is 19.6 Å². The summed E-state index contributed by atoms with van der Waals surface area (Å²) in [6.45, 7) is 0. The molecule has 0 unspecified atom stereocenters. The van der Waals surface area contributed by atoms with Gasteiger partial charge in [-0.25, -0.2) is 9.78 Å². The smallest absolute Gasteiger partial charge is 0.393 e. The Morgan fingerprint density at radius 3 is 2.91 bits per heavy atom. The molecule has 0 saturated heterocycles. The number of carboxylic acids is 1. The van der Waals surface area contributed by atoms with E-state index in [0.717, 1.165) is 18.4 Å². The van der Waals surface area contributed by atoms with Gasteiger partial charge in [-0.3, -0.25) is 0 Å². The number of imidazole rings is 1. The van der Waals surface area contributed by atoms with Crippen molar-refractivity contribution in [3.8, 4) is 6.07 Å². The number of carbonyl (C=O) groups is 1. The monoisotopic (exact) mass is 309 g/mol. The number of hydrogen-bond donors (Lipinski definition) is 1. The van der Waals surface area contributed by atoms with E-state index in [1.807, 2.05) is 16.7 Å². The highest BCUT2D eigenvalue weighted by Crippen LogP contribution is 2.40. The lowest BCUT2D eigenvalue weighted by atomic mass is 10.1. The zero-order chi connectivity index (χ0) is 16.0. The minimum atomic E-state index is -1.26. The molecule has 1 aliphatic carbocycles. The average Bonchev–Trinajstić information content (AvgIpc) is 3.14. The second kappa shape index (κ2) is 4.91. The van der Waals surface area contributed by atoms with Crippen molar-refractivity contribution in [2.45, 2.75) is 25.2 Å². The molecule has 1 aliphatic rings. The second-order valence-corrected chi connectivity index (χ2v) is 5.52. The lowest BCUT2D eigenvalue weighted by molar-refractivity contribution is 0.0651. The Morgan fingerprint density at radius 2 is 2.26 bits per heavy atom. The third-order valence-electron chi connectivity index (χ3n) is 3.77. The van der Waals surface area contributed by atoms with Gasteiger partial charge in [0.15, 0.2) is 5.65 Å². The molecule has 114 valence electrons. The average molecular weight is 309 g/mol. The topological polar surface area (TPSA) is 117 Å². The predicted molar refractivity (Wildman–Crippen MR) is 75.9 cm³/mol. The summed E-state index contributed by atoms with van der Waals surface area (Å²) >= 11 is 0. The van der Waals surface area contributed by atoms with Crippen LogP contribution in [-0.4, -0.2) is 30.7 Å². The van der Waals surface area contributed by atoms with Crippen molar-refractivity contribution >= 4 is 11.6 Å². The maximum Gasteiger partial charge on any atom is 0.393 e. The number of nitrogens with zero attached hydrogens (tertiary/aromatic N) is 5. The number of aromatic carboxylic acids is 1. The Balaban J connectivity index is 1.70. The second-order valence-electron chi connectivity index (χ2n) is 5.52. The number of hydrogen-bond acceptors (Lipinski definition) is 6. The van der Waals surface area contributed by atoms with Gasteiger partial charge in [0.1, 0.15) is 6.07 Å². The SMILES string of the molecule is N#Cc1cc(C2CC2)cn2cc(Cc3nnc(C(=O)O)o3)nc12. The Bertz CT molecular complexity index is 961. The highest BCUT2D eigenvalue weighted by molar-refractivity contribution is 5.81. The van der Waals surface area contributed by atoms with E-state index in [0.29, 0.717) is 22.8 Å². The summed E-state index contributed by atoms with van der Waals surface area (Å²) in [5, 5.41) is 25.2. The third-order valence-corrected chi connectivity index (χ3v) is 3.77. The van der Waals surface area contributed by atoms with E-state index < -0.39 is 11.9 Å². The van der Waals surface area contributed by atoms with Crippen LogP contribution in [0.5, 0.6) is 0 Å². The van der Waals surface area contributed by atoms with E-state index in [2.05, 4.69) is 21.3 Å². The molecule has 0 radical (unpaired) electrons. The van der Waals surface area contributed by atoms with Crippen LogP contribution in [0.1, 0.15) is 52.2 Å². The first-order valence-electron chi connectivity index (χ1n) is 7.11. The van der Waals surface area contributed by atoms with Crippen LogP contribution in [0.25, 0.3) is 5.65 Å². The molecule has 0 bridgehead atoms. The lowest BCUT2D eigenvalue weighted by Gasteiger charge is -2.01. The molecule has 0 aliphatic heterocycles. The number of aromatic nitrogens is 4. The predicted octanol–water partition coefficient (Wildman–Crippen LogP) is 1.76. The van der Waals surface area contributed by atoms with Gasteiger partial charge in [-0.2, -0.15) is 5.26 Å². The van der Waals surface area contributed by atoms with Crippen molar-refractivity contribution < 1.29 is 14.3 Å². The quantitative estimate of drug-likeness (QED) is 0.780. The number of nitriles is 1. The Labute approximate surface area is 130 Å². The first-order valence-corrected chi connectivity index (χ1v) is 7.11. The van der Waals surface area contributed by atoms with E-state index in [9.17, 15) is 10.1 Å². The van der Waals surface area contributed by atoms with E-state index in [-0.39, 0.29) is 12.3 Å². The van der Waals surface area contributed by atoms with Crippen molar-refractivity contribution in [3.05, 3.63) is 47.1 Å². The Hall–Kier alpha value is -3.21. The Morgan fingerprint density at radius 1 is 1.43 bits per heavy atom. The van der Waals surface area contributed by atoms with Crippen LogP contribution >= 0.6 is 0 Å². The summed E-state index contributed by atoms with van der Waals surface area (Å²) < 4.78 is 6.87. The summed E-state index contributed by atoms with van der Waals surface area (Å²) in [6.07, 6.45) is 6.30. The molecule has 3 aromatic rings. The van der Waals surface area contributed by atoms with Gasteiger partial charge in [0.2, 0.25) is 5.89 Å². The molecule has 0 amide bonds. The summed E-state index contributed by atoms with van der Waals surface area (Å²) in [5.74, 6) is -1.00. The molecule has 0 spiro atoms. The fourth-order valence-corrected chi connectivity index (χ4v) is 2.54. The van der Waals surface area contributed by atoms with Gasteiger partial charge in [-0.05, 0) is 30.4 Å². The van der Waals surface area contributed by atoms with Crippen molar-refractivity contribution in [1.29, 1.82) is 5.26 Å². The largest absolute Gasteiger partial charge is 0.474 e. The van der Waals surface area contributed by atoms with Crippen LogP contribution in [0.3, 0.4) is 0 Å². The van der Waals surface area contributed by atoms with Gasteiger partial charge in [0.05, 0.1) is 17.7 Å². The number of fused-ring (bicyclic) bond motifs is 1. The fourth-order valence-electron chi connectivity index (χ4n) is 2.54. The van der Waals surface area contributed by atoms with Crippen molar-refractivity contribution in [2.75, 3.05) is 0 Å². The van der Waals surface area contributed by atoms with E-state index in [1.165, 1.54) is 0 Å².